The van der Waals surface area contributed by atoms with Gasteiger partial charge in [0.25, 0.3) is 0 Å². The molecule has 1 amide bonds. The van der Waals surface area contributed by atoms with Crippen LogP contribution < -0.4 is 5.32 Å². The summed E-state index contributed by atoms with van der Waals surface area (Å²) in [6, 6.07) is 20.7. The van der Waals surface area contributed by atoms with Gasteiger partial charge in [-0.15, -0.1) is 10.2 Å². The van der Waals surface area contributed by atoms with Gasteiger partial charge in [0.2, 0.25) is 5.91 Å². The van der Waals surface area contributed by atoms with Gasteiger partial charge in [-0.25, -0.2) is 0 Å². The zero-order valence-electron chi connectivity index (χ0n) is 16.1. The monoisotopic (exact) mass is 435 g/mol. The first kappa shape index (κ1) is 20.1. The maximum atomic E-state index is 12.4. The summed E-state index contributed by atoms with van der Waals surface area (Å²) in [6.45, 7) is 2.03. The zero-order chi connectivity index (χ0) is 20.9. The molecule has 0 radical (unpaired) electrons. The first-order chi connectivity index (χ1) is 14.6. The van der Waals surface area contributed by atoms with Crippen LogP contribution >= 0.6 is 23.4 Å². The number of anilines is 1. The number of benzene rings is 2. The van der Waals surface area contributed by atoms with E-state index in [9.17, 15) is 4.79 Å². The number of hydrogen-bond acceptors (Lipinski definition) is 5. The van der Waals surface area contributed by atoms with Crippen LogP contribution in [0.2, 0.25) is 5.02 Å². The fourth-order valence-corrected chi connectivity index (χ4v) is 3.69. The Morgan fingerprint density at radius 2 is 1.80 bits per heavy atom. The standard InChI is InChI=1S/C22H18ClN5OS/c1-15-5-11-18(12-6-15)28-21(19-4-2-3-13-24-19)26-27-22(28)30-14-20(29)25-17-9-7-16(23)8-10-17/h2-13H,14H2,1H3,(H,25,29). The second kappa shape index (κ2) is 9.11. The maximum Gasteiger partial charge on any atom is 0.234 e. The Bertz CT molecular complexity index is 1140. The van der Waals surface area contributed by atoms with E-state index in [0.717, 1.165) is 11.3 Å². The highest BCUT2D eigenvalue weighted by Gasteiger charge is 2.18. The van der Waals surface area contributed by atoms with Crippen molar-refractivity contribution in [2.24, 2.45) is 0 Å². The van der Waals surface area contributed by atoms with Crippen LogP contribution in [-0.4, -0.2) is 31.4 Å². The smallest absolute Gasteiger partial charge is 0.234 e. The number of aryl methyl sites for hydroxylation is 1. The van der Waals surface area contributed by atoms with Crippen LogP contribution in [0.25, 0.3) is 17.2 Å². The van der Waals surface area contributed by atoms with Crippen molar-refractivity contribution in [2.45, 2.75) is 12.1 Å². The van der Waals surface area contributed by atoms with Gasteiger partial charge in [-0.05, 0) is 55.5 Å². The molecule has 0 aliphatic carbocycles. The van der Waals surface area contributed by atoms with E-state index >= 15 is 0 Å². The van der Waals surface area contributed by atoms with Crippen molar-refractivity contribution in [3.8, 4) is 17.2 Å². The lowest BCUT2D eigenvalue weighted by atomic mass is 10.2. The molecule has 0 atom stereocenters. The van der Waals surface area contributed by atoms with E-state index in [1.54, 1.807) is 30.5 Å². The summed E-state index contributed by atoms with van der Waals surface area (Å²) in [5.74, 6) is 0.676. The Balaban J connectivity index is 1.58. The van der Waals surface area contributed by atoms with E-state index in [-0.39, 0.29) is 11.7 Å². The lowest BCUT2D eigenvalue weighted by molar-refractivity contribution is -0.113. The molecule has 150 valence electrons. The van der Waals surface area contributed by atoms with Crippen LogP contribution in [0, 0.1) is 6.92 Å². The number of rotatable bonds is 6. The Hall–Kier alpha value is -3.16. The molecular weight excluding hydrogens is 418 g/mol. The highest BCUT2D eigenvalue weighted by molar-refractivity contribution is 7.99. The molecule has 0 spiro atoms. The zero-order valence-corrected chi connectivity index (χ0v) is 17.7. The molecule has 0 aliphatic heterocycles. The van der Waals surface area contributed by atoms with Gasteiger partial charge in [0.05, 0.1) is 5.75 Å². The minimum atomic E-state index is -0.139. The molecule has 8 heteroatoms. The average Bonchev–Trinajstić information content (AvgIpc) is 3.19. The number of halogens is 1. The normalized spacial score (nSPS) is 10.7. The van der Waals surface area contributed by atoms with Gasteiger partial charge >= 0.3 is 0 Å². The van der Waals surface area contributed by atoms with Crippen molar-refractivity contribution < 1.29 is 4.79 Å². The first-order valence-electron chi connectivity index (χ1n) is 9.22. The molecule has 4 aromatic rings. The van der Waals surface area contributed by atoms with Crippen molar-refractivity contribution in [1.29, 1.82) is 0 Å². The van der Waals surface area contributed by atoms with E-state index in [2.05, 4.69) is 20.5 Å². The van der Waals surface area contributed by atoms with E-state index in [1.807, 2.05) is 54.0 Å². The molecule has 30 heavy (non-hydrogen) atoms. The molecule has 0 unspecified atom stereocenters. The Morgan fingerprint density at radius 3 is 2.50 bits per heavy atom. The van der Waals surface area contributed by atoms with Gasteiger partial charge in [0.1, 0.15) is 5.69 Å². The van der Waals surface area contributed by atoms with Gasteiger partial charge in [0, 0.05) is 22.6 Å². The van der Waals surface area contributed by atoms with Gasteiger partial charge < -0.3 is 5.32 Å². The topological polar surface area (TPSA) is 72.7 Å². The van der Waals surface area contributed by atoms with E-state index in [0.29, 0.717) is 27.4 Å². The quantitative estimate of drug-likeness (QED) is 0.430. The lowest BCUT2D eigenvalue weighted by Gasteiger charge is -2.10. The number of pyridine rings is 1. The van der Waals surface area contributed by atoms with Crippen molar-refractivity contribution in [2.75, 3.05) is 11.1 Å². The largest absolute Gasteiger partial charge is 0.325 e. The van der Waals surface area contributed by atoms with Crippen molar-refractivity contribution in [1.82, 2.24) is 19.7 Å². The second-order valence-electron chi connectivity index (χ2n) is 6.54. The Morgan fingerprint density at radius 1 is 1.03 bits per heavy atom. The minimum Gasteiger partial charge on any atom is -0.325 e. The highest BCUT2D eigenvalue weighted by atomic mass is 35.5. The van der Waals surface area contributed by atoms with Crippen molar-refractivity contribution >= 4 is 35.0 Å². The highest BCUT2D eigenvalue weighted by Crippen LogP contribution is 2.27. The molecule has 6 nitrogen and oxygen atoms in total. The van der Waals surface area contributed by atoms with Crippen LogP contribution in [-0.2, 0) is 4.79 Å². The molecule has 4 rings (SSSR count). The fraction of sp³-hybridized carbons (Fsp3) is 0.0909. The third kappa shape index (κ3) is 4.69. The fourth-order valence-electron chi connectivity index (χ4n) is 2.81. The van der Waals surface area contributed by atoms with Crippen molar-refractivity contribution in [3.63, 3.8) is 0 Å². The number of carbonyl (C=O) groups excluding carboxylic acids is 1. The minimum absolute atomic E-state index is 0.139. The van der Waals surface area contributed by atoms with Crippen LogP contribution in [0.3, 0.4) is 0 Å². The second-order valence-corrected chi connectivity index (χ2v) is 7.91. The molecule has 0 saturated heterocycles. The third-order valence-electron chi connectivity index (χ3n) is 4.28. The van der Waals surface area contributed by atoms with E-state index < -0.39 is 0 Å². The number of carbonyl (C=O) groups is 1. The molecule has 0 aliphatic rings. The summed E-state index contributed by atoms with van der Waals surface area (Å²) in [6.07, 6.45) is 1.72. The summed E-state index contributed by atoms with van der Waals surface area (Å²) in [4.78, 5) is 16.8. The number of nitrogens with zero attached hydrogens (tertiary/aromatic N) is 4. The predicted octanol–water partition coefficient (Wildman–Crippen LogP) is 5.02. The number of hydrogen-bond donors (Lipinski definition) is 1. The van der Waals surface area contributed by atoms with Crippen LogP contribution in [0.1, 0.15) is 5.56 Å². The third-order valence-corrected chi connectivity index (χ3v) is 5.46. The summed E-state index contributed by atoms with van der Waals surface area (Å²) in [5.41, 5.74) is 3.47. The maximum absolute atomic E-state index is 12.4. The van der Waals surface area contributed by atoms with Gasteiger partial charge in [0.15, 0.2) is 11.0 Å². The molecule has 1 N–H and O–H groups in total. The van der Waals surface area contributed by atoms with Crippen LogP contribution in [0.15, 0.2) is 78.1 Å². The molecule has 0 fully saturated rings. The number of thioether (sulfide) groups is 1. The average molecular weight is 436 g/mol. The summed E-state index contributed by atoms with van der Waals surface area (Å²) < 4.78 is 1.92. The van der Waals surface area contributed by atoms with Gasteiger partial charge in [-0.1, -0.05) is 47.1 Å². The molecule has 2 aromatic heterocycles. The van der Waals surface area contributed by atoms with E-state index in [1.165, 1.54) is 11.8 Å². The molecule has 2 aromatic carbocycles. The van der Waals surface area contributed by atoms with Crippen LogP contribution in [0.5, 0.6) is 0 Å². The number of aromatic nitrogens is 4. The summed E-state index contributed by atoms with van der Waals surface area (Å²) in [7, 11) is 0. The molecule has 2 heterocycles. The predicted molar refractivity (Wildman–Crippen MR) is 120 cm³/mol. The van der Waals surface area contributed by atoms with Crippen molar-refractivity contribution in [3.05, 3.63) is 83.5 Å². The summed E-state index contributed by atoms with van der Waals surface area (Å²) >= 11 is 7.20. The first-order valence-corrected chi connectivity index (χ1v) is 10.6. The van der Waals surface area contributed by atoms with Gasteiger partial charge in [-0.2, -0.15) is 0 Å². The molecular formula is C22H18ClN5OS. The SMILES string of the molecule is Cc1ccc(-n2c(SCC(=O)Nc3ccc(Cl)cc3)nnc2-c2ccccn2)cc1. The summed E-state index contributed by atoms with van der Waals surface area (Å²) in [5, 5.41) is 12.8. The Labute approximate surface area is 183 Å². The number of nitrogens with one attached hydrogen (secondary N) is 1. The number of amides is 1. The van der Waals surface area contributed by atoms with Crippen LogP contribution in [0.4, 0.5) is 5.69 Å². The molecule has 0 saturated carbocycles. The Kier molecular flexibility index (Phi) is 6.11. The van der Waals surface area contributed by atoms with E-state index in [4.69, 9.17) is 11.6 Å². The molecule has 0 bridgehead atoms. The lowest BCUT2D eigenvalue weighted by Crippen LogP contribution is -2.14. The van der Waals surface area contributed by atoms with Gasteiger partial charge in [-0.3, -0.25) is 14.3 Å².